The molecule has 4 heteroatoms. The summed E-state index contributed by atoms with van der Waals surface area (Å²) < 4.78 is 12.6. The Balaban J connectivity index is 1.23. The summed E-state index contributed by atoms with van der Waals surface area (Å²) in [5, 5.41) is 19.1. The molecule has 5 atom stereocenters. The van der Waals surface area contributed by atoms with E-state index in [0.717, 1.165) is 19.3 Å². The van der Waals surface area contributed by atoms with E-state index in [9.17, 15) is 5.11 Å². The van der Waals surface area contributed by atoms with E-state index in [-0.39, 0.29) is 5.41 Å². The van der Waals surface area contributed by atoms with Crippen molar-refractivity contribution in [2.45, 2.75) is 102 Å². The molecule has 2 N–H and O–H groups in total. The Kier molecular flexibility index (Phi) is 7.91. The molecule has 1 aliphatic heterocycles. The standard InChI is InChI=1S/C31H46O4/c1-30-16-14-27-26-13-12-25(33)22-24(26)21-23(11-9-7-5-3-2-4-6-8-10-18-32)29(27)28(30)15-17-31(30)34-19-20-35-31/h12-13,15,17,22-23,27-29,32-33H,2-11,14,16,18-21H2,1H3/t23-,27-,28+,29-,30+/m1/s1. The van der Waals surface area contributed by atoms with Gasteiger partial charge in [-0.05, 0) is 85.1 Å². The quantitative estimate of drug-likeness (QED) is 0.266. The molecule has 0 radical (unpaired) electrons. The van der Waals surface area contributed by atoms with E-state index in [0.29, 0.717) is 49.2 Å². The fraction of sp³-hybridized carbons (Fsp3) is 0.742. The predicted molar refractivity (Wildman–Crippen MR) is 139 cm³/mol. The van der Waals surface area contributed by atoms with Gasteiger partial charge in [-0.2, -0.15) is 0 Å². The molecule has 2 fully saturated rings. The lowest BCUT2D eigenvalue weighted by molar-refractivity contribution is -0.218. The Morgan fingerprint density at radius 2 is 1.63 bits per heavy atom. The van der Waals surface area contributed by atoms with Crippen molar-refractivity contribution in [2.75, 3.05) is 19.8 Å². The van der Waals surface area contributed by atoms with Crippen LogP contribution in [0.15, 0.2) is 30.4 Å². The molecule has 3 aliphatic carbocycles. The number of ether oxygens (including phenoxy) is 2. The molecule has 0 aromatic heterocycles. The summed E-state index contributed by atoms with van der Waals surface area (Å²) in [6.07, 6.45) is 20.7. The summed E-state index contributed by atoms with van der Waals surface area (Å²) in [5.41, 5.74) is 2.88. The summed E-state index contributed by atoms with van der Waals surface area (Å²) >= 11 is 0. The topological polar surface area (TPSA) is 58.9 Å². The number of benzene rings is 1. The predicted octanol–water partition coefficient (Wildman–Crippen LogP) is 6.89. The van der Waals surface area contributed by atoms with Crippen LogP contribution >= 0.6 is 0 Å². The Morgan fingerprint density at radius 3 is 2.34 bits per heavy atom. The van der Waals surface area contributed by atoms with Gasteiger partial charge in [-0.3, -0.25) is 0 Å². The van der Waals surface area contributed by atoms with Crippen molar-refractivity contribution in [2.24, 2.45) is 23.2 Å². The normalized spacial score (nSPS) is 32.5. The number of allylic oxidation sites excluding steroid dienone is 1. The lowest BCUT2D eigenvalue weighted by Crippen LogP contribution is -2.53. The molecule has 1 aromatic carbocycles. The largest absolute Gasteiger partial charge is 0.508 e. The number of hydrogen-bond donors (Lipinski definition) is 2. The summed E-state index contributed by atoms with van der Waals surface area (Å²) in [5.74, 6) is 2.24. The van der Waals surface area contributed by atoms with Crippen molar-refractivity contribution < 1.29 is 19.7 Å². The van der Waals surface area contributed by atoms with Gasteiger partial charge in [-0.1, -0.05) is 70.4 Å². The molecular weight excluding hydrogens is 436 g/mol. The first kappa shape index (κ1) is 25.3. The molecule has 1 aromatic rings. The van der Waals surface area contributed by atoms with Crippen molar-refractivity contribution in [3.05, 3.63) is 41.5 Å². The minimum Gasteiger partial charge on any atom is -0.508 e. The molecule has 194 valence electrons. The first-order valence-corrected chi connectivity index (χ1v) is 14.5. The lowest BCUT2D eigenvalue weighted by atomic mass is 9.51. The first-order valence-electron chi connectivity index (χ1n) is 14.5. The van der Waals surface area contributed by atoms with Crippen LogP contribution in [-0.4, -0.2) is 35.8 Å². The van der Waals surface area contributed by atoms with Crippen molar-refractivity contribution in [3.63, 3.8) is 0 Å². The van der Waals surface area contributed by atoms with E-state index in [1.165, 1.54) is 75.3 Å². The van der Waals surface area contributed by atoms with Crippen LogP contribution in [0.5, 0.6) is 5.75 Å². The van der Waals surface area contributed by atoms with Crippen molar-refractivity contribution >= 4 is 0 Å². The van der Waals surface area contributed by atoms with Crippen LogP contribution in [0, 0.1) is 23.2 Å². The van der Waals surface area contributed by atoms with E-state index in [2.05, 4.69) is 25.1 Å². The average molecular weight is 483 g/mol. The number of aromatic hydroxyl groups is 1. The molecule has 4 aliphatic rings. The van der Waals surface area contributed by atoms with Gasteiger partial charge in [0.25, 0.3) is 0 Å². The van der Waals surface area contributed by atoms with Crippen molar-refractivity contribution in [1.29, 1.82) is 0 Å². The zero-order valence-corrected chi connectivity index (χ0v) is 21.7. The number of rotatable bonds is 11. The van der Waals surface area contributed by atoms with Gasteiger partial charge in [-0.15, -0.1) is 0 Å². The zero-order chi connectivity index (χ0) is 24.3. The van der Waals surface area contributed by atoms with Crippen molar-refractivity contribution in [1.82, 2.24) is 0 Å². The van der Waals surface area contributed by atoms with Crippen LogP contribution < -0.4 is 0 Å². The van der Waals surface area contributed by atoms with E-state index in [1.54, 1.807) is 0 Å². The Morgan fingerprint density at radius 1 is 0.943 bits per heavy atom. The van der Waals surface area contributed by atoms with E-state index < -0.39 is 5.79 Å². The summed E-state index contributed by atoms with van der Waals surface area (Å²) in [4.78, 5) is 0. The van der Waals surface area contributed by atoms with Gasteiger partial charge in [0, 0.05) is 12.0 Å². The maximum absolute atomic E-state index is 10.2. The van der Waals surface area contributed by atoms with Gasteiger partial charge in [0.05, 0.1) is 13.2 Å². The number of fused-ring (bicyclic) bond motifs is 6. The molecule has 1 spiro atoms. The monoisotopic (exact) mass is 482 g/mol. The minimum absolute atomic E-state index is 0.0212. The Bertz CT molecular complexity index is 873. The van der Waals surface area contributed by atoms with Gasteiger partial charge in [-0.25, -0.2) is 0 Å². The fourth-order valence-corrected chi connectivity index (χ4v) is 8.10. The molecule has 35 heavy (non-hydrogen) atoms. The average Bonchev–Trinajstić information content (AvgIpc) is 3.45. The van der Waals surface area contributed by atoms with Crippen LogP contribution in [0.3, 0.4) is 0 Å². The molecule has 5 rings (SSSR count). The van der Waals surface area contributed by atoms with Gasteiger partial charge in [0.2, 0.25) is 0 Å². The lowest BCUT2D eigenvalue weighted by Gasteiger charge is -2.55. The molecule has 1 saturated heterocycles. The van der Waals surface area contributed by atoms with Crippen LogP contribution in [0.4, 0.5) is 0 Å². The maximum Gasteiger partial charge on any atom is 0.193 e. The van der Waals surface area contributed by atoms with Gasteiger partial charge in [0.1, 0.15) is 5.75 Å². The van der Waals surface area contributed by atoms with E-state index >= 15 is 0 Å². The molecule has 4 nitrogen and oxygen atoms in total. The van der Waals surface area contributed by atoms with Crippen LogP contribution in [0.2, 0.25) is 0 Å². The second-order valence-corrected chi connectivity index (χ2v) is 11.9. The SMILES string of the molecule is C[C@]12CC[C@@H]3c4ccc(O)cc4C[C@@H](CCCCCCCCCCCO)[C@H]3[C@@H]1C=CC21OCCO1. The van der Waals surface area contributed by atoms with E-state index in [1.807, 2.05) is 12.1 Å². The highest BCUT2D eigenvalue weighted by Gasteiger charge is 2.63. The maximum atomic E-state index is 10.2. The highest BCUT2D eigenvalue weighted by Crippen LogP contribution is 2.65. The van der Waals surface area contributed by atoms with Crippen LogP contribution in [0.25, 0.3) is 0 Å². The summed E-state index contributed by atoms with van der Waals surface area (Å²) in [7, 11) is 0. The minimum atomic E-state index is -0.514. The Hall–Kier alpha value is -1.36. The fourth-order valence-electron chi connectivity index (χ4n) is 8.10. The second-order valence-electron chi connectivity index (χ2n) is 11.9. The Labute approximate surface area is 212 Å². The third-order valence-electron chi connectivity index (χ3n) is 9.91. The number of aliphatic hydroxyl groups excluding tert-OH is 1. The molecule has 0 bridgehead atoms. The zero-order valence-electron chi connectivity index (χ0n) is 21.7. The van der Waals surface area contributed by atoms with Crippen LogP contribution in [0.1, 0.15) is 101 Å². The van der Waals surface area contributed by atoms with Gasteiger partial charge in [0.15, 0.2) is 5.79 Å². The number of hydrogen-bond acceptors (Lipinski definition) is 4. The summed E-state index contributed by atoms with van der Waals surface area (Å²) in [6, 6.07) is 6.14. The molecule has 0 amide bonds. The number of phenolic OH excluding ortho intramolecular Hbond substituents is 1. The molecule has 1 saturated carbocycles. The highest BCUT2D eigenvalue weighted by atomic mass is 16.7. The van der Waals surface area contributed by atoms with Crippen molar-refractivity contribution in [3.8, 4) is 5.75 Å². The van der Waals surface area contributed by atoms with Crippen LogP contribution in [-0.2, 0) is 15.9 Å². The number of unbranched alkanes of at least 4 members (excludes halogenated alkanes) is 8. The number of aliphatic hydroxyl groups is 1. The second kappa shape index (κ2) is 10.9. The highest BCUT2D eigenvalue weighted by molar-refractivity contribution is 5.41. The third kappa shape index (κ3) is 4.83. The first-order chi connectivity index (χ1) is 17.1. The molecule has 0 unspecified atom stereocenters. The molecular formula is C31H46O4. The number of phenols is 1. The van der Waals surface area contributed by atoms with Gasteiger partial charge >= 0.3 is 0 Å². The third-order valence-corrected chi connectivity index (χ3v) is 9.91. The van der Waals surface area contributed by atoms with E-state index in [4.69, 9.17) is 14.6 Å². The smallest absolute Gasteiger partial charge is 0.193 e. The van der Waals surface area contributed by atoms with Gasteiger partial charge < -0.3 is 19.7 Å². The summed E-state index contributed by atoms with van der Waals surface area (Å²) in [6.45, 7) is 4.16. The molecule has 1 heterocycles.